The van der Waals surface area contributed by atoms with Crippen molar-refractivity contribution >= 4 is 23.1 Å². The van der Waals surface area contributed by atoms with Gasteiger partial charge in [0.1, 0.15) is 0 Å². The quantitative estimate of drug-likeness (QED) is 0.637. The molecule has 1 aliphatic rings. The third-order valence-corrected chi connectivity index (χ3v) is 4.96. The van der Waals surface area contributed by atoms with Crippen LogP contribution in [-0.4, -0.2) is 35.1 Å². The number of hydrogen-bond acceptors (Lipinski definition) is 4. The normalized spacial score (nSPS) is 17.1. The summed E-state index contributed by atoms with van der Waals surface area (Å²) < 4.78 is 5.11. The van der Waals surface area contributed by atoms with Crippen molar-refractivity contribution in [2.45, 2.75) is 13.0 Å². The lowest BCUT2D eigenvalue weighted by Gasteiger charge is -2.36. The number of ether oxygens (including phenoxy) is 1. The highest BCUT2D eigenvalue weighted by atomic mass is 32.1. The Morgan fingerprint density at radius 3 is 2.54 bits per heavy atom. The molecule has 0 fully saturated rings. The van der Waals surface area contributed by atoms with Crippen LogP contribution in [0.5, 0.6) is 11.5 Å². The monoisotopic (exact) mass is 368 g/mol. The van der Waals surface area contributed by atoms with Crippen molar-refractivity contribution in [2.75, 3.05) is 14.2 Å². The van der Waals surface area contributed by atoms with Gasteiger partial charge in [-0.15, -0.1) is 0 Å². The maximum absolute atomic E-state index is 13.2. The van der Waals surface area contributed by atoms with Crippen molar-refractivity contribution in [3.05, 3.63) is 70.9 Å². The largest absolute Gasteiger partial charge is 0.504 e. The van der Waals surface area contributed by atoms with Crippen molar-refractivity contribution in [3.8, 4) is 11.5 Å². The Kier molecular flexibility index (Phi) is 4.95. The number of rotatable bonds is 4. The molecule has 2 aromatic rings. The van der Waals surface area contributed by atoms with Gasteiger partial charge in [0.15, 0.2) is 22.4 Å². The standard InChI is InChI=1S/C20H20N2O3S/c1-12-17(19(24)13-7-5-4-6-8-13)18(21-20(26)22(12)2)14-9-10-16(25-3)15(23)11-14/h4-11,18,23H,1-3H3,(H,21,26). The van der Waals surface area contributed by atoms with Gasteiger partial charge in [-0.3, -0.25) is 4.79 Å². The maximum Gasteiger partial charge on any atom is 0.193 e. The minimum atomic E-state index is -0.455. The average Bonchev–Trinajstić information content (AvgIpc) is 2.66. The van der Waals surface area contributed by atoms with E-state index in [0.29, 0.717) is 22.0 Å². The van der Waals surface area contributed by atoms with Crippen molar-refractivity contribution < 1.29 is 14.6 Å². The number of benzene rings is 2. The fourth-order valence-corrected chi connectivity index (χ4v) is 3.27. The molecule has 1 heterocycles. The molecule has 0 radical (unpaired) electrons. The third-order valence-electron chi connectivity index (χ3n) is 4.57. The summed E-state index contributed by atoms with van der Waals surface area (Å²) in [4.78, 5) is 15.0. The molecule has 1 aliphatic heterocycles. The predicted molar refractivity (Wildman–Crippen MR) is 104 cm³/mol. The SMILES string of the molecule is COc1ccc(C2NC(=S)N(C)C(C)=C2C(=O)c2ccccc2)cc1O. The number of aromatic hydroxyl groups is 1. The number of carbonyl (C=O) groups is 1. The van der Waals surface area contributed by atoms with Gasteiger partial charge in [0.25, 0.3) is 0 Å². The number of methoxy groups -OCH3 is 1. The zero-order chi connectivity index (χ0) is 18.8. The Bertz CT molecular complexity index is 893. The molecule has 6 heteroatoms. The number of Topliss-reactive ketones (excluding diaryl/α,β-unsaturated/α-hetero) is 1. The van der Waals surface area contributed by atoms with Gasteiger partial charge in [-0.1, -0.05) is 36.4 Å². The summed E-state index contributed by atoms with van der Waals surface area (Å²) in [5.74, 6) is 0.312. The molecular formula is C20H20N2O3S. The summed E-state index contributed by atoms with van der Waals surface area (Å²) >= 11 is 5.40. The highest BCUT2D eigenvalue weighted by Crippen LogP contribution is 2.36. The Morgan fingerprint density at radius 2 is 1.92 bits per heavy atom. The average molecular weight is 368 g/mol. The topological polar surface area (TPSA) is 61.8 Å². The van der Waals surface area contributed by atoms with E-state index in [-0.39, 0.29) is 11.5 Å². The molecule has 0 saturated heterocycles. The number of phenols is 1. The van der Waals surface area contributed by atoms with E-state index in [1.54, 1.807) is 29.2 Å². The first-order valence-electron chi connectivity index (χ1n) is 8.15. The summed E-state index contributed by atoms with van der Waals surface area (Å²) in [6, 6.07) is 13.7. The van der Waals surface area contributed by atoms with Crippen LogP contribution in [0.4, 0.5) is 0 Å². The van der Waals surface area contributed by atoms with Crippen LogP contribution in [0.15, 0.2) is 59.8 Å². The second kappa shape index (κ2) is 7.17. The number of nitrogens with zero attached hydrogens (tertiary/aromatic N) is 1. The molecule has 5 nitrogen and oxygen atoms in total. The van der Waals surface area contributed by atoms with E-state index in [1.807, 2.05) is 38.2 Å². The highest BCUT2D eigenvalue weighted by molar-refractivity contribution is 7.80. The van der Waals surface area contributed by atoms with Gasteiger partial charge in [-0.05, 0) is 36.8 Å². The van der Waals surface area contributed by atoms with E-state index in [9.17, 15) is 9.90 Å². The van der Waals surface area contributed by atoms with E-state index < -0.39 is 6.04 Å². The first kappa shape index (κ1) is 17.9. The van der Waals surface area contributed by atoms with Crippen molar-refractivity contribution in [3.63, 3.8) is 0 Å². The number of carbonyl (C=O) groups excluding carboxylic acids is 1. The molecule has 1 atom stereocenters. The lowest BCUT2D eigenvalue weighted by atomic mass is 9.89. The zero-order valence-corrected chi connectivity index (χ0v) is 15.6. The summed E-state index contributed by atoms with van der Waals surface area (Å²) in [5, 5.41) is 13.9. The Labute approximate surface area is 157 Å². The number of nitrogens with one attached hydrogen (secondary N) is 1. The van der Waals surface area contributed by atoms with Gasteiger partial charge >= 0.3 is 0 Å². The van der Waals surface area contributed by atoms with Gasteiger partial charge in [0, 0.05) is 23.9 Å². The van der Waals surface area contributed by atoms with Crippen LogP contribution in [0, 0.1) is 0 Å². The second-order valence-electron chi connectivity index (χ2n) is 6.07. The maximum atomic E-state index is 13.2. The molecule has 1 unspecified atom stereocenters. The molecule has 2 N–H and O–H groups in total. The van der Waals surface area contributed by atoms with E-state index >= 15 is 0 Å². The fourth-order valence-electron chi connectivity index (χ4n) is 3.01. The molecule has 26 heavy (non-hydrogen) atoms. The summed E-state index contributed by atoms with van der Waals surface area (Å²) in [7, 11) is 3.32. The molecule has 0 aromatic heterocycles. The number of hydrogen-bond donors (Lipinski definition) is 2. The van der Waals surface area contributed by atoms with Crippen LogP contribution >= 0.6 is 12.2 Å². The van der Waals surface area contributed by atoms with Crippen LogP contribution in [0.1, 0.15) is 28.9 Å². The van der Waals surface area contributed by atoms with Crippen LogP contribution < -0.4 is 10.1 Å². The summed E-state index contributed by atoms with van der Waals surface area (Å²) in [6.45, 7) is 1.87. The van der Waals surface area contributed by atoms with E-state index in [1.165, 1.54) is 7.11 Å². The fraction of sp³-hybridized carbons (Fsp3) is 0.200. The van der Waals surface area contributed by atoms with Gasteiger partial charge in [0.2, 0.25) is 0 Å². The molecule has 2 aromatic carbocycles. The van der Waals surface area contributed by atoms with Crippen LogP contribution in [0.25, 0.3) is 0 Å². The molecule has 0 saturated carbocycles. The van der Waals surface area contributed by atoms with Gasteiger partial charge in [0.05, 0.1) is 13.2 Å². The highest BCUT2D eigenvalue weighted by Gasteiger charge is 2.33. The van der Waals surface area contributed by atoms with Gasteiger partial charge in [-0.25, -0.2) is 0 Å². The number of phenolic OH excluding ortho intramolecular Hbond substituents is 1. The smallest absolute Gasteiger partial charge is 0.193 e. The number of allylic oxidation sites excluding steroid dienone is 1. The lowest BCUT2D eigenvalue weighted by Crippen LogP contribution is -2.45. The van der Waals surface area contributed by atoms with Gasteiger partial charge < -0.3 is 20.1 Å². The second-order valence-corrected chi connectivity index (χ2v) is 6.45. The van der Waals surface area contributed by atoms with Crippen LogP contribution in [-0.2, 0) is 0 Å². The van der Waals surface area contributed by atoms with Crippen LogP contribution in [0.2, 0.25) is 0 Å². The third kappa shape index (κ3) is 3.15. The molecule has 3 rings (SSSR count). The minimum absolute atomic E-state index is 0.0146. The molecule has 0 spiro atoms. The first-order chi connectivity index (χ1) is 12.4. The van der Waals surface area contributed by atoms with Crippen LogP contribution in [0.3, 0.4) is 0 Å². The minimum Gasteiger partial charge on any atom is -0.504 e. The van der Waals surface area contributed by atoms with Crippen molar-refractivity contribution in [2.24, 2.45) is 0 Å². The molecule has 0 amide bonds. The predicted octanol–water partition coefficient (Wildman–Crippen LogP) is 3.42. The van der Waals surface area contributed by atoms with E-state index in [0.717, 1.165) is 11.3 Å². The molecule has 0 aliphatic carbocycles. The Balaban J connectivity index is 2.11. The summed E-state index contributed by atoms with van der Waals surface area (Å²) in [6.07, 6.45) is 0. The number of ketones is 1. The van der Waals surface area contributed by atoms with Crippen molar-refractivity contribution in [1.82, 2.24) is 10.2 Å². The first-order valence-corrected chi connectivity index (χ1v) is 8.56. The van der Waals surface area contributed by atoms with Gasteiger partial charge in [-0.2, -0.15) is 0 Å². The molecule has 134 valence electrons. The lowest BCUT2D eigenvalue weighted by molar-refractivity contribution is 0.102. The van der Waals surface area contributed by atoms with Crippen molar-refractivity contribution in [1.29, 1.82) is 0 Å². The molecule has 0 bridgehead atoms. The zero-order valence-electron chi connectivity index (χ0n) is 14.8. The molecular weight excluding hydrogens is 348 g/mol. The Morgan fingerprint density at radius 1 is 1.23 bits per heavy atom. The number of thiocarbonyl (C=S) groups is 1. The van der Waals surface area contributed by atoms with E-state index in [4.69, 9.17) is 17.0 Å². The van der Waals surface area contributed by atoms with E-state index in [2.05, 4.69) is 5.32 Å². The summed E-state index contributed by atoms with van der Waals surface area (Å²) in [5.41, 5.74) is 2.71. The Hall–Kier alpha value is -2.86.